The van der Waals surface area contributed by atoms with Crippen molar-refractivity contribution in [3.63, 3.8) is 0 Å². The zero-order valence-electron chi connectivity index (χ0n) is 21.3. The standard InChI is InChI=1S/C28H32ClN3O6/c1-18-25(20-8-4-3-5-9-20)38-27(35)23(31-28(36)37)11-7-6-10-21(26(34)32(18)2)16-24(33)30-17-19-12-14-22(29)15-13-19/h3-9,12-15,18,21,23,25,31H,10-11,16-17H2,1-2H3,(H,30,33)(H,36,37)/b7-6+/t18-,21-,23-,25-/m0/s1. The van der Waals surface area contributed by atoms with E-state index in [1.165, 1.54) is 4.90 Å². The van der Waals surface area contributed by atoms with Crippen LogP contribution in [0.2, 0.25) is 5.02 Å². The van der Waals surface area contributed by atoms with E-state index >= 15 is 0 Å². The minimum Gasteiger partial charge on any atom is -0.465 e. The van der Waals surface area contributed by atoms with Crippen LogP contribution in [0, 0.1) is 5.92 Å². The molecule has 0 aromatic heterocycles. The lowest BCUT2D eigenvalue weighted by atomic mass is 9.95. The number of amides is 3. The molecule has 1 aliphatic rings. The van der Waals surface area contributed by atoms with Crippen LogP contribution in [0.4, 0.5) is 4.79 Å². The number of carbonyl (C=O) groups excluding carboxylic acids is 3. The van der Waals surface area contributed by atoms with E-state index in [1.807, 2.05) is 18.2 Å². The van der Waals surface area contributed by atoms with Crippen LogP contribution >= 0.6 is 11.6 Å². The van der Waals surface area contributed by atoms with Gasteiger partial charge in [0.1, 0.15) is 12.1 Å². The summed E-state index contributed by atoms with van der Waals surface area (Å²) in [7, 11) is 1.61. The first-order chi connectivity index (χ1) is 18.2. The van der Waals surface area contributed by atoms with Crippen molar-refractivity contribution in [2.75, 3.05) is 7.05 Å². The molecule has 2 aromatic carbocycles. The number of benzene rings is 2. The largest absolute Gasteiger partial charge is 0.465 e. The Morgan fingerprint density at radius 2 is 1.71 bits per heavy atom. The maximum Gasteiger partial charge on any atom is 0.405 e. The molecule has 0 unspecified atom stereocenters. The average Bonchev–Trinajstić information content (AvgIpc) is 2.90. The number of carboxylic acid groups (broad SMARTS) is 1. The van der Waals surface area contributed by atoms with Gasteiger partial charge in [0.25, 0.3) is 0 Å². The topological polar surface area (TPSA) is 125 Å². The van der Waals surface area contributed by atoms with Gasteiger partial charge < -0.3 is 25.4 Å². The molecule has 0 bridgehead atoms. The van der Waals surface area contributed by atoms with Gasteiger partial charge in [-0.1, -0.05) is 66.2 Å². The van der Waals surface area contributed by atoms with E-state index in [1.54, 1.807) is 62.5 Å². The summed E-state index contributed by atoms with van der Waals surface area (Å²) in [6.45, 7) is 2.05. The Labute approximate surface area is 226 Å². The summed E-state index contributed by atoms with van der Waals surface area (Å²) in [5.41, 5.74) is 1.54. The molecule has 3 rings (SSSR count). The number of hydrogen-bond donors (Lipinski definition) is 3. The molecule has 0 spiro atoms. The first-order valence-corrected chi connectivity index (χ1v) is 12.7. The van der Waals surface area contributed by atoms with E-state index in [0.29, 0.717) is 17.1 Å². The lowest BCUT2D eigenvalue weighted by Gasteiger charge is -2.35. The molecule has 0 radical (unpaired) electrons. The quantitative estimate of drug-likeness (QED) is 0.374. The Bertz CT molecular complexity index is 1150. The maximum absolute atomic E-state index is 13.6. The summed E-state index contributed by atoms with van der Waals surface area (Å²) in [6.07, 6.45) is 1.36. The summed E-state index contributed by atoms with van der Waals surface area (Å²) < 4.78 is 5.78. The molecule has 1 heterocycles. The Balaban J connectivity index is 1.83. The predicted octanol–water partition coefficient (Wildman–Crippen LogP) is 4.08. The number of rotatable bonds is 6. The zero-order valence-corrected chi connectivity index (χ0v) is 22.1. The third kappa shape index (κ3) is 8.08. The fourth-order valence-corrected chi connectivity index (χ4v) is 4.34. The molecule has 9 nitrogen and oxygen atoms in total. The van der Waals surface area contributed by atoms with Crippen molar-refractivity contribution < 1.29 is 29.0 Å². The van der Waals surface area contributed by atoms with Crippen molar-refractivity contribution in [1.82, 2.24) is 15.5 Å². The second-order valence-electron chi connectivity index (χ2n) is 9.21. The predicted molar refractivity (Wildman–Crippen MR) is 142 cm³/mol. The third-order valence-electron chi connectivity index (χ3n) is 6.49. The number of allylic oxidation sites excluding steroid dienone is 1. The summed E-state index contributed by atoms with van der Waals surface area (Å²) in [5, 5.41) is 14.9. The maximum atomic E-state index is 13.6. The molecule has 2 aromatic rings. The fraction of sp³-hybridized carbons (Fsp3) is 0.357. The molecule has 0 aliphatic carbocycles. The van der Waals surface area contributed by atoms with Crippen molar-refractivity contribution in [2.24, 2.45) is 5.92 Å². The fourth-order valence-electron chi connectivity index (χ4n) is 4.21. The van der Waals surface area contributed by atoms with Gasteiger partial charge in [0, 0.05) is 25.0 Å². The normalized spacial score (nSPS) is 23.4. The summed E-state index contributed by atoms with van der Waals surface area (Å²) in [5.74, 6) is -1.95. The second-order valence-corrected chi connectivity index (χ2v) is 9.64. The second kappa shape index (κ2) is 13.6. The highest BCUT2D eigenvalue weighted by Crippen LogP contribution is 2.28. The van der Waals surface area contributed by atoms with Crippen LogP contribution in [0.25, 0.3) is 0 Å². The van der Waals surface area contributed by atoms with Crippen molar-refractivity contribution in [1.29, 1.82) is 0 Å². The average molecular weight is 542 g/mol. The number of hydrogen-bond acceptors (Lipinski definition) is 5. The molecule has 0 saturated carbocycles. The van der Waals surface area contributed by atoms with Crippen molar-refractivity contribution in [2.45, 2.75) is 50.9 Å². The minimum absolute atomic E-state index is 0.0413. The monoisotopic (exact) mass is 541 g/mol. The number of likely N-dealkylation sites (N-methyl/N-ethyl adjacent to an activating group) is 1. The van der Waals surface area contributed by atoms with Gasteiger partial charge >= 0.3 is 12.1 Å². The van der Waals surface area contributed by atoms with Gasteiger partial charge in [-0.2, -0.15) is 0 Å². The molecule has 202 valence electrons. The van der Waals surface area contributed by atoms with Crippen LogP contribution < -0.4 is 10.6 Å². The Morgan fingerprint density at radius 3 is 2.37 bits per heavy atom. The van der Waals surface area contributed by atoms with E-state index in [2.05, 4.69) is 10.6 Å². The number of ether oxygens (including phenoxy) is 1. The lowest BCUT2D eigenvalue weighted by Crippen LogP contribution is -2.47. The number of halogens is 1. The van der Waals surface area contributed by atoms with Crippen LogP contribution in [-0.4, -0.2) is 53.0 Å². The Morgan fingerprint density at radius 1 is 1.05 bits per heavy atom. The number of esters is 1. The molecule has 3 N–H and O–H groups in total. The smallest absolute Gasteiger partial charge is 0.405 e. The first-order valence-electron chi connectivity index (χ1n) is 12.3. The summed E-state index contributed by atoms with van der Waals surface area (Å²) >= 11 is 5.91. The molecule has 38 heavy (non-hydrogen) atoms. The molecule has 1 aliphatic heterocycles. The van der Waals surface area contributed by atoms with Gasteiger partial charge in [0.15, 0.2) is 0 Å². The van der Waals surface area contributed by atoms with Crippen molar-refractivity contribution >= 4 is 35.5 Å². The van der Waals surface area contributed by atoms with Gasteiger partial charge in [-0.05, 0) is 43.0 Å². The first kappa shape index (κ1) is 28.7. The van der Waals surface area contributed by atoms with E-state index in [9.17, 15) is 24.3 Å². The van der Waals surface area contributed by atoms with E-state index in [4.69, 9.17) is 16.3 Å². The van der Waals surface area contributed by atoms with E-state index < -0.39 is 36.2 Å². The van der Waals surface area contributed by atoms with E-state index in [0.717, 1.165) is 5.56 Å². The molecule has 10 heteroatoms. The number of nitrogens with zero attached hydrogens (tertiary/aromatic N) is 1. The van der Waals surface area contributed by atoms with Crippen LogP contribution in [0.15, 0.2) is 66.7 Å². The molecular formula is C28H32ClN3O6. The summed E-state index contributed by atoms with van der Waals surface area (Å²) in [6, 6.07) is 14.3. The minimum atomic E-state index is -1.35. The Hall–Kier alpha value is -3.85. The van der Waals surface area contributed by atoms with Crippen LogP contribution in [-0.2, 0) is 25.7 Å². The van der Waals surface area contributed by atoms with Crippen LogP contribution in [0.1, 0.15) is 43.4 Å². The molecule has 0 fully saturated rings. The van der Waals surface area contributed by atoms with Gasteiger partial charge in [0.2, 0.25) is 11.8 Å². The van der Waals surface area contributed by atoms with Crippen molar-refractivity contribution in [3.8, 4) is 0 Å². The highest BCUT2D eigenvalue weighted by Gasteiger charge is 2.35. The highest BCUT2D eigenvalue weighted by atomic mass is 35.5. The molecule has 4 atom stereocenters. The zero-order chi connectivity index (χ0) is 27.7. The van der Waals surface area contributed by atoms with Crippen LogP contribution in [0.3, 0.4) is 0 Å². The highest BCUT2D eigenvalue weighted by molar-refractivity contribution is 6.30. The summed E-state index contributed by atoms with van der Waals surface area (Å²) in [4.78, 5) is 52.1. The third-order valence-corrected chi connectivity index (χ3v) is 6.75. The van der Waals surface area contributed by atoms with Gasteiger partial charge in [-0.3, -0.25) is 9.59 Å². The molecular weight excluding hydrogens is 510 g/mol. The van der Waals surface area contributed by atoms with Gasteiger partial charge in [-0.15, -0.1) is 0 Å². The van der Waals surface area contributed by atoms with Crippen molar-refractivity contribution in [3.05, 3.63) is 82.9 Å². The van der Waals surface area contributed by atoms with E-state index in [-0.39, 0.29) is 31.1 Å². The Kier molecular flexibility index (Phi) is 10.3. The molecule has 0 saturated heterocycles. The molecule has 3 amide bonds. The number of nitrogens with one attached hydrogen (secondary N) is 2. The lowest BCUT2D eigenvalue weighted by molar-refractivity contribution is -0.158. The van der Waals surface area contributed by atoms with Gasteiger partial charge in [0.05, 0.1) is 12.0 Å². The van der Waals surface area contributed by atoms with Crippen LogP contribution in [0.5, 0.6) is 0 Å². The van der Waals surface area contributed by atoms with Gasteiger partial charge in [-0.25, -0.2) is 9.59 Å². The SMILES string of the molecule is C[C@H]1[C@@H](c2ccccc2)OC(=O)[C@@H](NC(=O)O)C/C=C/C[C@@H](CC(=O)NCc2ccc(Cl)cc2)C(=O)N1C. The number of cyclic esters (lactones) is 1. The number of carbonyl (C=O) groups is 4.